The van der Waals surface area contributed by atoms with E-state index in [4.69, 9.17) is 28.9 Å². The zero-order valence-corrected chi connectivity index (χ0v) is 15.4. The standard InChI is InChI=1S/C16H8BrCl2N3S/c17-8-3-15(23-7-8)10-5-14(22-16(21)12(10)6-20)11-4-9(18)1-2-13(11)19/h1-5,7H,(H2,21,22). The highest BCUT2D eigenvalue weighted by Gasteiger charge is 2.16. The van der Waals surface area contributed by atoms with Crippen LogP contribution in [0.2, 0.25) is 10.0 Å². The molecular weight excluding hydrogens is 417 g/mol. The molecule has 7 heteroatoms. The number of nitrogens with zero attached hydrogens (tertiary/aromatic N) is 2. The van der Waals surface area contributed by atoms with E-state index in [2.05, 4.69) is 27.0 Å². The lowest BCUT2D eigenvalue weighted by atomic mass is 10.0. The van der Waals surface area contributed by atoms with Gasteiger partial charge in [0.2, 0.25) is 0 Å². The van der Waals surface area contributed by atoms with Crippen molar-refractivity contribution < 1.29 is 0 Å². The van der Waals surface area contributed by atoms with Crippen LogP contribution in [0, 0.1) is 11.3 Å². The largest absolute Gasteiger partial charge is 0.383 e. The summed E-state index contributed by atoms with van der Waals surface area (Å²) in [5.74, 6) is 0.167. The molecule has 23 heavy (non-hydrogen) atoms. The average Bonchev–Trinajstić information content (AvgIpc) is 2.95. The molecule has 3 rings (SSSR count). The molecule has 0 saturated heterocycles. The van der Waals surface area contributed by atoms with Crippen LogP contribution in [-0.4, -0.2) is 4.98 Å². The maximum atomic E-state index is 9.40. The Kier molecular flexibility index (Phi) is 4.60. The molecule has 0 aliphatic heterocycles. The zero-order valence-electron chi connectivity index (χ0n) is 11.5. The van der Waals surface area contributed by atoms with Crippen molar-refractivity contribution >= 4 is 56.3 Å². The first-order chi connectivity index (χ1) is 11.0. The molecule has 0 saturated carbocycles. The minimum Gasteiger partial charge on any atom is -0.383 e. The predicted molar refractivity (Wildman–Crippen MR) is 99.8 cm³/mol. The molecule has 0 unspecified atom stereocenters. The van der Waals surface area contributed by atoms with E-state index in [-0.39, 0.29) is 5.82 Å². The van der Waals surface area contributed by atoms with Gasteiger partial charge in [0.05, 0.1) is 10.7 Å². The maximum absolute atomic E-state index is 9.40. The van der Waals surface area contributed by atoms with Gasteiger partial charge in [0.15, 0.2) is 0 Å². The van der Waals surface area contributed by atoms with Crippen LogP contribution in [-0.2, 0) is 0 Å². The van der Waals surface area contributed by atoms with E-state index >= 15 is 0 Å². The van der Waals surface area contributed by atoms with E-state index < -0.39 is 0 Å². The topological polar surface area (TPSA) is 62.7 Å². The SMILES string of the molecule is N#Cc1c(-c2cc(Br)cs2)cc(-c2cc(Cl)ccc2Cl)nc1N. The van der Waals surface area contributed by atoms with Crippen molar-refractivity contribution in [3.63, 3.8) is 0 Å². The third-order valence-corrected chi connectivity index (χ3v) is 5.49. The fraction of sp³-hybridized carbons (Fsp3) is 0. The first-order valence-electron chi connectivity index (χ1n) is 6.40. The first-order valence-corrected chi connectivity index (χ1v) is 8.83. The molecule has 1 aromatic carbocycles. The number of aromatic nitrogens is 1. The Balaban J connectivity index is 2.27. The van der Waals surface area contributed by atoms with Crippen molar-refractivity contribution in [2.45, 2.75) is 0 Å². The number of halogens is 3. The van der Waals surface area contributed by atoms with Gasteiger partial charge in [-0.15, -0.1) is 11.3 Å². The van der Waals surface area contributed by atoms with Crippen LogP contribution in [0.4, 0.5) is 5.82 Å². The second-order valence-corrected chi connectivity index (χ2v) is 7.35. The van der Waals surface area contributed by atoms with Crippen LogP contribution < -0.4 is 5.73 Å². The first kappa shape index (κ1) is 16.3. The number of hydrogen-bond donors (Lipinski definition) is 1. The number of anilines is 1. The molecule has 0 amide bonds. The van der Waals surface area contributed by atoms with Crippen molar-refractivity contribution in [3.05, 3.63) is 55.8 Å². The minimum absolute atomic E-state index is 0.167. The lowest BCUT2D eigenvalue weighted by Crippen LogP contribution is -1.99. The van der Waals surface area contributed by atoms with E-state index in [9.17, 15) is 5.26 Å². The highest BCUT2D eigenvalue weighted by Crippen LogP contribution is 2.38. The Morgan fingerprint density at radius 2 is 1.96 bits per heavy atom. The van der Waals surface area contributed by atoms with Gasteiger partial charge in [-0.1, -0.05) is 23.2 Å². The molecule has 114 valence electrons. The summed E-state index contributed by atoms with van der Waals surface area (Å²) in [6.45, 7) is 0. The highest BCUT2D eigenvalue weighted by atomic mass is 79.9. The Bertz CT molecular complexity index is 947. The summed E-state index contributed by atoms with van der Waals surface area (Å²) in [5, 5.41) is 12.4. The van der Waals surface area contributed by atoms with Crippen LogP contribution in [0.25, 0.3) is 21.7 Å². The molecule has 0 atom stereocenters. The smallest absolute Gasteiger partial charge is 0.142 e. The predicted octanol–water partition coefficient (Wildman–Crippen LogP) is 6.00. The van der Waals surface area contributed by atoms with Crippen LogP contribution >= 0.6 is 50.5 Å². The molecule has 0 bridgehead atoms. The van der Waals surface area contributed by atoms with Gasteiger partial charge in [-0.3, -0.25) is 0 Å². The molecule has 0 aliphatic carbocycles. The number of nitrogens with two attached hydrogens (primary N) is 1. The maximum Gasteiger partial charge on any atom is 0.142 e. The van der Waals surface area contributed by atoms with Gasteiger partial charge in [0.25, 0.3) is 0 Å². The van der Waals surface area contributed by atoms with Crippen LogP contribution in [0.5, 0.6) is 0 Å². The number of thiophene rings is 1. The Hall–Kier alpha value is -1.58. The van der Waals surface area contributed by atoms with E-state index in [1.807, 2.05) is 17.5 Å². The summed E-state index contributed by atoms with van der Waals surface area (Å²) in [6, 6.07) is 11.0. The number of hydrogen-bond acceptors (Lipinski definition) is 4. The summed E-state index contributed by atoms with van der Waals surface area (Å²) in [5.41, 5.74) is 8.31. The molecule has 0 aliphatic rings. The van der Waals surface area contributed by atoms with Gasteiger partial charge in [0, 0.05) is 30.9 Å². The van der Waals surface area contributed by atoms with Crippen molar-refractivity contribution in [1.82, 2.24) is 4.98 Å². The molecule has 3 nitrogen and oxygen atoms in total. The number of nitriles is 1. The monoisotopic (exact) mass is 423 g/mol. The molecule has 2 N–H and O–H groups in total. The summed E-state index contributed by atoms with van der Waals surface area (Å²) in [4.78, 5) is 5.23. The lowest BCUT2D eigenvalue weighted by molar-refractivity contribution is 1.31. The average molecular weight is 425 g/mol. The van der Waals surface area contributed by atoms with Crippen molar-refractivity contribution in [3.8, 4) is 27.8 Å². The van der Waals surface area contributed by atoms with Gasteiger partial charge >= 0.3 is 0 Å². The third kappa shape index (κ3) is 3.22. The quantitative estimate of drug-likeness (QED) is 0.548. The molecule has 0 spiro atoms. The number of nitrogen functional groups attached to an aromatic ring is 1. The Morgan fingerprint density at radius 3 is 2.61 bits per heavy atom. The van der Waals surface area contributed by atoms with E-state index in [0.717, 1.165) is 14.9 Å². The van der Waals surface area contributed by atoms with Gasteiger partial charge in [-0.05, 0) is 46.3 Å². The summed E-state index contributed by atoms with van der Waals surface area (Å²) >= 11 is 17.2. The van der Waals surface area contributed by atoms with Gasteiger partial charge in [0.1, 0.15) is 17.5 Å². The fourth-order valence-electron chi connectivity index (χ4n) is 2.16. The molecule has 0 fully saturated rings. The summed E-state index contributed by atoms with van der Waals surface area (Å²) < 4.78 is 0.944. The molecule has 2 aromatic heterocycles. The number of benzene rings is 1. The van der Waals surface area contributed by atoms with E-state index in [0.29, 0.717) is 26.9 Å². The van der Waals surface area contributed by atoms with Gasteiger partial charge in [-0.25, -0.2) is 4.98 Å². The Morgan fingerprint density at radius 1 is 1.17 bits per heavy atom. The van der Waals surface area contributed by atoms with Crippen molar-refractivity contribution in [1.29, 1.82) is 5.26 Å². The highest BCUT2D eigenvalue weighted by molar-refractivity contribution is 9.10. The fourth-order valence-corrected chi connectivity index (χ4v) is 4.00. The van der Waals surface area contributed by atoms with Crippen LogP contribution in [0.1, 0.15) is 5.56 Å². The third-order valence-electron chi connectivity index (χ3n) is 3.20. The lowest BCUT2D eigenvalue weighted by Gasteiger charge is -2.10. The second kappa shape index (κ2) is 6.50. The molecular formula is C16H8BrCl2N3S. The summed E-state index contributed by atoms with van der Waals surface area (Å²) in [7, 11) is 0. The normalized spacial score (nSPS) is 10.5. The number of pyridine rings is 1. The van der Waals surface area contributed by atoms with Gasteiger partial charge in [-0.2, -0.15) is 5.26 Å². The number of rotatable bonds is 2. The Labute approximate surface area is 155 Å². The minimum atomic E-state index is 0.167. The molecule has 3 aromatic rings. The second-order valence-electron chi connectivity index (χ2n) is 4.68. The van der Waals surface area contributed by atoms with Crippen LogP contribution in [0.3, 0.4) is 0 Å². The van der Waals surface area contributed by atoms with E-state index in [1.165, 1.54) is 11.3 Å². The summed E-state index contributed by atoms with van der Waals surface area (Å²) in [6.07, 6.45) is 0. The van der Waals surface area contributed by atoms with Crippen molar-refractivity contribution in [2.24, 2.45) is 0 Å². The van der Waals surface area contributed by atoms with Gasteiger partial charge < -0.3 is 5.73 Å². The van der Waals surface area contributed by atoms with Crippen molar-refractivity contribution in [2.75, 3.05) is 5.73 Å². The molecule has 0 radical (unpaired) electrons. The van der Waals surface area contributed by atoms with Crippen LogP contribution in [0.15, 0.2) is 40.2 Å². The zero-order chi connectivity index (χ0) is 16.6. The molecule has 2 heterocycles. The van der Waals surface area contributed by atoms with E-state index in [1.54, 1.807) is 18.2 Å².